The summed E-state index contributed by atoms with van der Waals surface area (Å²) in [5, 5.41) is 2.98. The normalized spacial score (nSPS) is 19.1. The molecule has 2 unspecified atom stereocenters. The molecule has 2 aromatic carbocycles. The highest BCUT2D eigenvalue weighted by Crippen LogP contribution is 2.24. The summed E-state index contributed by atoms with van der Waals surface area (Å²) in [6.07, 6.45) is -0.0384. The molecular formula is C20H22BrFN2O2. The Balaban J connectivity index is 1.54. The fourth-order valence-corrected chi connectivity index (χ4v) is 3.50. The number of benzene rings is 2. The molecule has 1 heterocycles. The van der Waals surface area contributed by atoms with Crippen molar-refractivity contribution in [2.24, 2.45) is 0 Å². The molecule has 0 bridgehead atoms. The van der Waals surface area contributed by atoms with E-state index in [1.807, 2.05) is 31.2 Å². The largest absolute Gasteiger partial charge is 0.371 e. The van der Waals surface area contributed by atoms with Crippen LogP contribution in [0.4, 0.5) is 4.39 Å². The Bertz CT molecular complexity index is 754. The first-order chi connectivity index (χ1) is 12.5. The summed E-state index contributed by atoms with van der Waals surface area (Å²) in [5.74, 6) is -0.323. The van der Waals surface area contributed by atoms with Gasteiger partial charge in [-0.05, 0) is 42.3 Å². The van der Waals surface area contributed by atoms with E-state index in [9.17, 15) is 9.18 Å². The minimum Gasteiger partial charge on any atom is -0.371 e. The van der Waals surface area contributed by atoms with E-state index in [-0.39, 0.29) is 23.9 Å². The molecule has 0 aliphatic carbocycles. The first-order valence-corrected chi connectivity index (χ1v) is 9.45. The van der Waals surface area contributed by atoms with Crippen molar-refractivity contribution in [2.45, 2.75) is 19.1 Å². The molecule has 1 amide bonds. The maximum Gasteiger partial charge on any atom is 0.234 e. The highest BCUT2D eigenvalue weighted by Gasteiger charge is 2.24. The lowest BCUT2D eigenvalue weighted by molar-refractivity contribution is -0.125. The van der Waals surface area contributed by atoms with Gasteiger partial charge in [-0.15, -0.1) is 0 Å². The SMILES string of the molecule is CC(NC(=O)CN1CCOC(c2cccc(Br)c2)C1)c1ccc(F)cc1. The summed E-state index contributed by atoms with van der Waals surface area (Å²) in [5.41, 5.74) is 1.98. The zero-order valence-electron chi connectivity index (χ0n) is 14.6. The Morgan fingerprint density at radius 2 is 2.12 bits per heavy atom. The van der Waals surface area contributed by atoms with Crippen LogP contribution in [0.3, 0.4) is 0 Å². The predicted molar refractivity (Wildman–Crippen MR) is 102 cm³/mol. The highest BCUT2D eigenvalue weighted by atomic mass is 79.9. The van der Waals surface area contributed by atoms with Gasteiger partial charge in [-0.25, -0.2) is 4.39 Å². The zero-order chi connectivity index (χ0) is 18.5. The molecule has 1 aliphatic heterocycles. The summed E-state index contributed by atoms with van der Waals surface area (Å²) in [6, 6.07) is 14.1. The van der Waals surface area contributed by atoms with Crippen molar-refractivity contribution in [3.63, 3.8) is 0 Å². The Labute approximate surface area is 161 Å². The fourth-order valence-electron chi connectivity index (χ4n) is 3.08. The van der Waals surface area contributed by atoms with Crippen LogP contribution in [0.1, 0.15) is 30.2 Å². The van der Waals surface area contributed by atoms with Crippen LogP contribution >= 0.6 is 15.9 Å². The van der Waals surface area contributed by atoms with E-state index in [4.69, 9.17) is 4.74 Å². The molecule has 2 atom stereocenters. The van der Waals surface area contributed by atoms with E-state index < -0.39 is 0 Å². The average molecular weight is 421 g/mol. The summed E-state index contributed by atoms with van der Waals surface area (Å²) < 4.78 is 19.9. The van der Waals surface area contributed by atoms with Crippen LogP contribution in [0.2, 0.25) is 0 Å². The number of carbonyl (C=O) groups is 1. The van der Waals surface area contributed by atoms with Crippen LogP contribution in [0.5, 0.6) is 0 Å². The van der Waals surface area contributed by atoms with Gasteiger partial charge in [0.2, 0.25) is 5.91 Å². The predicted octanol–water partition coefficient (Wildman–Crippen LogP) is 3.84. The zero-order valence-corrected chi connectivity index (χ0v) is 16.2. The van der Waals surface area contributed by atoms with Crippen molar-refractivity contribution in [1.29, 1.82) is 0 Å². The number of nitrogens with one attached hydrogen (secondary N) is 1. The number of ether oxygens (including phenoxy) is 1. The molecule has 1 N–H and O–H groups in total. The van der Waals surface area contributed by atoms with Crippen molar-refractivity contribution in [2.75, 3.05) is 26.2 Å². The van der Waals surface area contributed by atoms with Crippen LogP contribution in [-0.4, -0.2) is 37.0 Å². The van der Waals surface area contributed by atoms with Gasteiger partial charge in [0, 0.05) is 17.6 Å². The Morgan fingerprint density at radius 3 is 2.85 bits per heavy atom. The van der Waals surface area contributed by atoms with Crippen LogP contribution in [-0.2, 0) is 9.53 Å². The van der Waals surface area contributed by atoms with E-state index in [1.54, 1.807) is 12.1 Å². The Kier molecular flexibility index (Phi) is 6.40. The van der Waals surface area contributed by atoms with Gasteiger partial charge >= 0.3 is 0 Å². The van der Waals surface area contributed by atoms with Crippen molar-refractivity contribution in [1.82, 2.24) is 10.2 Å². The van der Waals surface area contributed by atoms with E-state index in [0.717, 1.165) is 22.1 Å². The molecular weight excluding hydrogens is 399 g/mol. The quantitative estimate of drug-likeness (QED) is 0.798. The minimum absolute atomic E-state index is 0.0384. The van der Waals surface area contributed by atoms with Gasteiger partial charge < -0.3 is 10.1 Å². The number of rotatable bonds is 5. The van der Waals surface area contributed by atoms with Crippen molar-refractivity contribution < 1.29 is 13.9 Å². The van der Waals surface area contributed by atoms with E-state index in [0.29, 0.717) is 19.7 Å². The molecule has 26 heavy (non-hydrogen) atoms. The van der Waals surface area contributed by atoms with Gasteiger partial charge in [0.05, 0.1) is 25.3 Å². The standard InChI is InChI=1S/C20H22BrFN2O2/c1-14(15-5-7-18(22)8-6-15)23-20(25)13-24-9-10-26-19(12-24)16-3-2-4-17(21)11-16/h2-8,11,14,19H,9-10,12-13H2,1H3,(H,23,25). The third-order valence-electron chi connectivity index (χ3n) is 4.49. The van der Waals surface area contributed by atoms with Crippen LogP contribution < -0.4 is 5.32 Å². The Morgan fingerprint density at radius 1 is 1.35 bits per heavy atom. The number of hydrogen-bond acceptors (Lipinski definition) is 3. The monoisotopic (exact) mass is 420 g/mol. The maximum atomic E-state index is 13.0. The second-order valence-electron chi connectivity index (χ2n) is 6.49. The topological polar surface area (TPSA) is 41.6 Å². The average Bonchev–Trinajstić information content (AvgIpc) is 2.62. The fraction of sp³-hybridized carbons (Fsp3) is 0.350. The van der Waals surface area contributed by atoms with Gasteiger partial charge in [-0.1, -0.05) is 40.2 Å². The Hall–Kier alpha value is -1.76. The van der Waals surface area contributed by atoms with Crippen molar-refractivity contribution >= 4 is 21.8 Å². The number of halogens is 2. The molecule has 4 nitrogen and oxygen atoms in total. The third-order valence-corrected chi connectivity index (χ3v) is 4.98. The second-order valence-corrected chi connectivity index (χ2v) is 7.41. The molecule has 1 fully saturated rings. The first kappa shape index (κ1) is 19.0. The molecule has 0 saturated carbocycles. The number of amides is 1. The van der Waals surface area contributed by atoms with E-state index >= 15 is 0 Å². The number of nitrogens with zero attached hydrogens (tertiary/aromatic N) is 1. The molecule has 3 rings (SSSR count). The summed E-state index contributed by atoms with van der Waals surface area (Å²) in [6.45, 7) is 4.21. The smallest absolute Gasteiger partial charge is 0.234 e. The molecule has 1 aliphatic rings. The van der Waals surface area contributed by atoms with Gasteiger partial charge in [0.1, 0.15) is 5.82 Å². The van der Waals surface area contributed by atoms with Crippen LogP contribution in [0.15, 0.2) is 53.0 Å². The maximum absolute atomic E-state index is 13.0. The van der Waals surface area contributed by atoms with Crippen molar-refractivity contribution in [3.05, 3.63) is 69.9 Å². The number of carbonyl (C=O) groups excluding carboxylic acids is 1. The summed E-state index contributed by atoms with van der Waals surface area (Å²) >= 11 is 3.48. The lowest BCUT2D eigenvalue weighted by Crippen LogP contribution is -2.44. The molecule has 0 spiro atoms. The lowest BCUT2D eigenvalue weighted by atomic mass is 10.1. The van der Waals surface area contributed by atoms with E-state index in [2.05, 4.69) is 26.1 Å². The molecule has 6 heteroatoms. The molecule has 2 aromatic rings. The molecule has 0 aromatic heterocycles. The van der Waals surface area contributed by atoms with Crippen LogP contribution in [0.25, 0.3) is 0 Å². The lowest BCUT2D eigenvalue weighted by Gasteiger charge is -2.33. The molecule has 138 valence electrons. The number of hydrogen-bond donors (Lipinski definition) is 1. The highest BCUT2D eigenvalue weighted by molar-refractivity contribution is 9.10. The third kappa shape index (κ3) is 5.13. The van der Waals surface area contributed by atoms with Gasteiger partial charge in [-0.2, -0.15) is 0 Å². The molecule has 1 saturated heterocycles. The first-order valence-electron chi connectivity index (χ1n) is 8.65. The minimum atomic E-state index is -0.279. The number of morpholine rings is 1. The van der Waals surface area contributed by atoms with Crippen LogP contribution in [0, 0.1) is 5.82 Å². The van der Waals surface area contributed by atoms with Gasteiger partial charge in [0.15, 0.2) is 0 Å². The van der Waals surface area contributed by atoms with Gasteiger partial charge in [0.25, 0.3) is 0 Å². The van der Waals surface area contributed by atoms with Crippen molar-refractivity contribution in [3.8, 4) is 0 Å². The van der Waals surface area contributed by atoms with E-state index in [1.165, 1.54) is 12.1 Å². The summed E-state index contributed by atoms with van der Waals surface area (Å²) in [4.78, 5) is 14.5. The molecule has 0 radical (unpaired) electrons. The summed E-state index contributed by atoms with van der Waals surface area (Å²) in [7, 11) is 0. The second kappa shape index (κ2) is 8.75. The van der Waals surface area contributed by atoms with Gasteiger partial charge in [-0.3, -0.25) is 9.69 Å².